The third-order valence-corrected chi connectivity index (χ3v) is 3.12. The molecule has 1 aromatic rings. The Morgan fingerprint density at radius 2 is 2.15 bits per heavy atom. The Hall–Kier alpha value is -2.12. The van der Waals surface area contributed by atoms with E-state index >= 15 is 0 Å². The Morgan fingerprint density at radius 1 is 1.40 bits per heavy atom. The Labute approximate surface area is 119 Å². The monoisotopic (exact) mass is 297 g/mol. The first-order valence-corrected chi connectivity index (χ1v) is 6.19. The van der Waals surface area contributed by atoms with Crippen molar-refractivity contribution >= 4 is 35.1 Å². The van der Waals surface area contributed by atoms with Crippen LogP contribution in [0.2, 0.25) is 5.02 Å². The molecule has 7 nitrogen and oxygen atoms in total. The number of nitrogens with one attached hydrogen (secondary N) is 3. The quantitative estimate of drug-likeness (QED) is 0.631. The van der Waals surface area contributed by atoms with Gasteiger partial charge < -0.3 is 15.7 Å². The number of carbonyl (C=O) groups excluding carboxylic acids is 2. The van der Waals surface area contributed by atoms with Crippen LogP contribution in [0.1, 0.15) is 10.4 Å². The van der Waals surface area contributed by atoms with Crippen molar-refractivity contribution in [1.82, 2.24) is 10.6 Å². The van der Waals surface area contributed by atoms with E-state index in [-0.39, 0.29) is 35.5 Å². The second-order valence-corrected chi connectivity index (χ2v) is 4.63. The molecule has 1 aliphatic heterocycles. The van der Waals surface area contributed by atoms with Crippen LogP contribution < -0.4 is 16.0 Å². The maximum Gasteiger partial charge on any atom is 0.337 e. The van der Waals surface area contributed by atoms with E-state index in [1.165, 1.54) is 18.2 Å². The molecule has 1 unspecified atom stereocenters. The molecule has 20 heavy (non-hydrogen) atoms. The number of carbonyl (C=O) groups is 3. The van der Waals surface area contributed by atoms with E-state index in [0.717, 1.165) is 0 Å². The van der Waals surface area contributed by atoms with Crippen molar-refractivity contribution < 1.29 is 19.5 Å². The molecule has 1 atom stereocenters. The maximum absolute atomic E-state index is 11.9. The fraction of sp³-hybridized carbons (Fsp3) is 0.250. The zero-order chi connectivity index (χ0) is 14.7. The van der Waals surface area contributed by atoms with Gasteiger partial charge >= 0.3 is 5.97 Å². The lowest BCUT2D eigenvalue weighted by atomic mass is 10.1. The third-order valence-electron chi connectivity index (χ3n) is 2.79. The average molecular weight is 298 g/mol. The number of benzene rings is 1. The number of rotatable bonds is 3. The van der Waals surface area contributed by atoms with E-state index in [1.54, 1.807) is 0 Å². The van der Waals surface area contributed by atoms with Crippen molar-refractivity contribution in [3.8, 4) is 0 Å². The third kappa shape index (κ3) is 3.25. The van der Waals surface area contributed by atoms with Crippen LogP contribution in [0.25, 0.3) is 0 Å². The summed E-state index contributed by atoms with van der Waals surface area (Å²) >= 11 is 5.74. The molecule has 0 bridgehead atoms. The number of carboxylic acids is 1. The molecular weight excluding hydrogens is 286 g/mol. The summed E-state index contributed by atoms with van der Waals surface area (Å²) in [7, 11) is 0. The Balaban J connectivity index is 2.06. The minimum Gasteiger partial charge on any atom is -0.478 e. The molecule has 2 amide bonds. The van der Waals surface area contributed by atoms with Gasteiger partial charge in [-0.1, -0.05) is 11.6 Å². The van der Waals surface area contributed by atoms with Gasteiger partial charge in [0, 0.05) is 12.2 Å². The van der Waals surface area contributed by atoms with Gasteiger partial charge in [-0.05, 0) is 18.2 Å². The average Bonchev–Trinajstić information content (AvgIpc) is 2.41. The van der Waals surface area contributed by atoms with Gasteiger partial charge in [0.05, 0.1) is 17.1 Å². The maximum atomic E-state index is 11.9. The zero-order valence-corrected chi connectivity index (χ0v) is 11.0. The summed E-state index contributed by atoms with van der Waals surface area (Å²) < 4.78 is 0. The molecule has 0 radical (unpaired) electrons. The summed E-state index contributed by atoms with van der Waals surface area (Å²) in [6.45, 7) is 0.253. The van der Waals surface area contributed by atoms with Crippen molar-refractivity contribution in [2.75, 3.05) is 18.4 Å². The van der Waals surface area contributed by atoms with Gasteiger partial charge in [0.2, 0.25) is 11.8 Å². The highest BCUT2D eigenvalue weighted by molar-refractivity contribution is 6.33. The summed E-state index contributed by atoms with van der Waals surface area (Å²) in [4.78, 5) is 33.8. The molecule has 0 aromatic heterocycles. The number of carboxylic acid groups (broad SMARTS) is 1. The number of aromatic carboxylic acids is 1. The van der Waals surface area contributed by atoms with Crippen molar-refractivity contribution in [2.24, 2.45) is 0 Å². The first-order valence-electron chi connectivity index (χ1n) is 5.81. The molecule has 1 heterocycles. The Morgan fingerprint density at radius 3 is 2.75 bits per heavy atom. The van der Waals surface area contributed by atoms with E-state index in [2.05, 4.69) is 16.0 Å². The van der Waals surface area contributed by atoms with Crippen molar-refractivity contribution in [3.63, 3.8) is 0 Å². The number of hydrogen-bond acceptors (Lipinski definition) is 4. The topological polar surface area (TPSA) is 108 Å². The lowest BCUT2D eigenvalue weighted by Crippen LogP contribution is -2.56. The van der Waals surface area contributed by atoms with Crippen LogP contribution >= 0.6 is 11.6 Å². The van der Waals surface area contributed by atoms with Crippen LogP contribution in [0.4, 0.5) is 5.69 Å². The largest absolute Gasteiger partial charge is 0.478 e. The van der Waals surface area contributed by atoms with Gasteiger partial charge in [0.1, 0.15) is 6.04 Å². The van der Waals surface area contributed by atoms with Gasteiger partial charge in [-0.3, -0.25) is 14.9 Å². The second-order valence-electron chi connectivity index (χ2n) is 4.23. The fourth-order valence-corrected chi connectivity index (χ4v) is 1.95. The number of piperazine rings is 1. The number of halogens is 1. The minimum atomic E-state index is -1.17. The van der Waals surface area contributed by atoms with Crippen molar-refractivity contribution in [3.05, 3.63) is 28.8 Å². The highest BCUT2D eigenvalue weighted by atomic mass is 35.5. The normalized spacial score (nSPS) is 18.2. The van der Waals surface area contributed by atoms with E-state index in [9.17, 15) is 14.4 Å². The van der Waals surface area contributed by atoms with Crippen molar-refractivity contribution in [1.29, 1.82) is 0 Å². The zero-order valence-electron chi connectivity index (χ0n) is 10.3. The van der Waals surface area contributed by atoms with E-state index in [4.69, 9.17) is 16.7 Å². The summed E-state index contributed by atoms with van der Waals surface area (Å²) in [6.07, 6.45) is 0. The molecule has 106 valence electrons. The summed E-state index contributed by atoms with van der Waals surface area (Å²) in [6, 6.07) is 3.63. The van der Waals surface area contributed by atoms with Gasteiger partial charge in [0.15, 0.2) is 0 Å². The van der Waals surface area contributed by atoms with Crippen LogP contribution in [-0.4, -0.2) is 42.0 Å². The molecular formula is C12H12ClN3O4. The first-order chi connectivity index (χ1) is 9.47. The fourth-order valence-electron chi connectivity index (χ4n) is 1.75. The molecule has 0 saturated carbocycles. The van der Waals surface area contributed by atoms with Crippen molar-refractivity contribution in [2.45, 2.75) is 6.04 Å². The molecule has 1 saturated heterocycles. The summed E-state index contributed by atoms with van der Waals surface area (Å²) in [5, 5.41) is 16.9. The van der Waals surface area contributed by atoms with Crippen LogP contribution in [0.15, 0.2) is 18.2 Å². The van der Waals surface area contributed by atoms with Gasteiger partial charge in [0.25, 0.3) is 0 Å². The number of anilines is 1. The lowest BCUT2D eigenvalue weighted by Gasteiger charge is -2.23. The SMILES string of the molecule is O=C1CNC(C(=O)Nc2ccc(Cl)c(C(=O)O)c2)CN1. The first kappa shape index (κ1) is 14.3. The molecule has 1 aliphatic rings. The molecule has 1 fully saturated rings. The van der Waals surface area contributed by atoms with E-state index in [0.29, 0.717) is 5.69 Å². The molecule has 2 rings (SSSR count). The van der Waals surface area contributed by atoms with Crippen LogP contribution in [-0.2, 0) is 9.59 Å². The highest BCUT2D eigenvalue weighted by Crippen LogP contribution is 2.20. The van der Waals surface area contributed by atoms with Gasteiger partial charge in [-0.15, -0.1) is 0 Å². The molecule has 0 spiro atoms. The summed E-state index contributed by atoms with van der Waals surface area (Å²) in [5.41, 5.74) is 0.241. The Bertz CT molecular complexity index is 566. The van der Waals surface area contributed by atoms with Crippen LogP contribution in [0.5, 0.6) is 0 Å². The van der Waals surface area contributed by atoms with Crippen LogP contribution in [0, 0.1) is 0 Å². The highest BCUT2D eigenvalue weighted by Gasteiger charge is 2.24. The smallest absolute Gasteiger partial charge is 0.337 e. The lowest BCUT2D eigenvalue weighted by molar-refractivity contribution is -0.124. The number of hydrogen-bond donors (Lipinski definition) is 4. The van der Waals surface area contributed by atoms with E-state index in [1.807, 2.05) is 0 Å². The van der Waals surface area contributed by atoms with Gasteiger partial charge in [-0.2, -0.15) is 0 Å². The molecule has 8 heteroatoms. The van der Waals surface area contributed by atoms with Gasteiger partial charge in [-0.25, -0.2) is 4.79 Å². The Kier molecular flexibility index (Phi) is 4.21. The molecule has 0 aliphatic carbocycles. The van der Waals surface area contributed by atoms with Crippen LogP contribution in [0.3, 0.4) is 0 Å². The predicted octanol–water partition coefficient (Wildman–Crippen LogP) is 0.0647. The predicted molar refractivity (Wildman–Crippen MR) is 71.8 cm³/mol. The summed E-state index contributed by atoms with van der Waals surface area (Å²) in [5.74, 6) is -1.70. The molecule has 1 aromatic carbocycles. The standard InChI is InChI=1S/C12H12ClN3O4/c13-8-2-1-6(3-7(8)12(19)20)16-11(18)9-4-15-10(17)5-14-9/h1-3,9,14H,4-5H2,(H,15,17)(H,16,18)(H,19,20). The number of amides is 2. The molecule has 4 N–H and O–H groups in total. The van der Waals surface area contributed by atoms with E-state index < -0.39 is 12.0 Å². The minimum absolute atomic E-state index is 0.0685. The second kappa shape index (κ2) is 5.89.